The lowest BCUT2D eigenvalue weighted by molar-refractivity contribution is -0.155. The zero-order valence-corrected chi connectivity index (χ0v) is 29.4. The molecular formula is C35H43ClN2O13. The number of halogens is 1. The van der Waals surface area contributed by atoms with E-state index in [1.165, 1.54) is 25.1 Å². The van der Waals surface area contributed by atoms with E-state index in [4.69, 9.17) is 40.1 Å². The highest BCUT2D eigenvalue weighted by atomic mass is 35.5. The zero-order chi connectivity index (χ0) is 37.2. The minimum Gasteiger partial charge on any atom is -0.458 e. The lowest BCUT2D eigenvalue weighted by atomic mass is 9.83. The van der Waals surface area contributed by atoms with E-state index in [-0.39, 0.29) is 36.2 Å². The number of rotatable bonds is 10. The number of esters is 1. The molecule has 0 aromatic heterocycles. The first-order chi connectivity index (χ1) is 24.0. The molecule has 16 heteroatoms. The molecule has 1 saturated carbocycles. The minimum absolute atomic E-state index is 0.00803. The van der Waals surface area contributed by atoms with E-state index < -0.39 is 78.5 Å². The second-order valence-corrected chi connectivity index (χ2v) is 14.1. The van der Waals surface area contributed by atoms with Crippen LogP contribution in [0.5, 0.6) is 11.5 Å². The van der Waals surface area contributed by atoms with Gasteiger partial charge in [-0.2, -0.15) is 0 Å². The average Bonchev–Trinajstić information content (AvgIpc) is 3.68. The van der Waals surface area contributed by atoms with Gasteiger partial charge in [0.2, 0.25) is 12.2 Å². The van der Waals surface area contributed by atoms with Crippen LogP contribution in [0.4, 0.5) is 0 Å². The number of ether oxygens (including phenoxy) is 5. The number of aliphatic hydroxyl groups is 5. The smallest absolute Gasteiger partial charge is 0.316 e. The summed E-state index contributed by atoms with van der Waals surface area (Å²) in [7, 11) is 0. The van der Waals surface area contributed by atoms with Crippen LogP contribution in [0.25, 0.3) is 6.08 Å². The minimum atomic E-state index is -1.53. The van der Waals surface area contributed by atoms with Gasteiger partial charge in [-0.05, 0) is 76.1 Å². The fourth-order valence-corrected chi connectivity index (χ4v) is 5.90. The number of fused-ring (bicyclic) bond motifs is 1. The van der Waals surface area contributed by atoms with Crippen molar-refractivity contribution in [1.82, 2.24) is 5.32 Å². The van der Waals surface area contributed by atoms with Crippen molar-refractivity contribution in [2.75, 3.05) is 6.79 Å². The summed E-state index contributed by atoms with van der Waals surface area (Å²) < 4.78 is 28.0. The monoisotopic (exact) mass is 734 g/mol. The molecule has 2 aromatic carbocycles. The summed E-state index contributed by atoms with van der Waals surface area (Å²) in [5.41, 5.74) is 0.629. The van der Waals surface area contributed by atoms with Crippen LogP contribution in [0.1, 0.15) is 45.7 Å². The predicted molar refractivity (Wildman–Crippen MR) is 180 cm³/mol. The standard InChI is InChI=1S/C35H43ClN2O13/c1-16(32(44)37-23-24(39)26(41)31-30(25(23)40)46-15-47-31)11-18-9-10-21(22(13-18)50-34(45)35(3,4)5)49-33-28(43)27(42)29(51-33)17(2)38-48-14-19-7-6-8-20(36)12-19/h6-13,23-31,33,39-43H,14-15H2,1-5H3,(H,37,44)/b16-11?,38-17+. The summed E-state index contributed by atoms with van der Waals surface area (Å²) in [4.78, 5) is 31.5. The first-order valence-corrected chi connectivity index (χ1v) is 16.6. The molecule has 0 bridgehead atoms. The van der Waals surface area contributed by atoms with Gasteiger partial charge in [0, 0.05) is 10.6 Å². The molecule has 1 aliphatic carbocycles. The van der Waals surface area contributed by atoms with Crippen molar-refractivity contribution >= 4 is 35.3 Å². The van der Waals surface area contributed by atoms with E-state index in [1.807, 2.05) is 6.07 Å². The molecule has 6 N–H and O–H groups in total. The van der Waals surface area contributed by atoms with Crippen molar-refractivity contribution in [2.24, 2.45) is 10.6 Å². The molecular weight excluding hydrogens is 692 g/mol. The second-order valence-electron chi connectivity index (χ2n) is 13.7. The maximum absolute atomic E-state index is 13.1. The topological polar surface area (TPSA) is 215 Å². The fourth-order valence-electron chi connectivity index (χ4n) is 5.68. The van der Waals surface area contributed by atoms with Crippen LogP contribution in [0, 0.1) is 5.41 Å². The number of hydrogen-bond acceptors (Lipinski definition) is 14. The van der Waals surface area contributed by atoms with Gasteiger partial charge in [-0.15, -0.1) is 0 Å². The fraction of sp³-hybridized carbons (Fsp3) is 0.514. The number of benzene rings is 2. The maximum Gasteiger partial charge on any atom is 0.316 e. The van der Waals surface area contributed by atoms with Gasteiger partial charge in [-0.3, -0.25) is 9.59 Å². The Morgan fingerprint density at radius 2 is 1.65 bits per heavy atom. The van der Waals surface area contributed by atoms with Gasteiger partial charge in [0.25, 0.3) is 0 Å². The highest BCUT2D eigenvalue weighted by molar-refractivity contribution is 6.30. The number of amides is 1. The normalized spacial score (nSPS) is 31.2. The van der Waals surface area contributed by atoms with Gasteiger partial charge in [-0.1, -0.05) is 35.0 Å². The van der Waals surface area contributed by atoms with Crippen LogP contribution in [0.3, 0.4) is 0 Å². The summed E-state index contributed by atoms with van der Waals surface area (Å²) in [6.45, 7) is 7.96. The third-order valence-corrected chi connectivity index (χ3v) is 8.86. The van der Waals surface area contributed by atoms with Crippen LogP contribution in [0.2, 0.25) is 5.02 Å². The van der Waals surface area contributed by atoms with E-state index in [0.29, 0.717) is 10.6 Å². The van der Waals surface area contributed by atoms with E-state index in [0.717, 1.165) is 5.56 Å². The van der Waals surface area contributed by atoms with E-state index >= 15 is 0 Å². The van der Waals surface area contributed by atoms with Gasteiger partial charge in [-0.25, -0.2) is 0 Å². The molecule has 0 radical (unpaired) electrons. The molecule has 3 fully saturated rings. The molecule has 2 heterocycles. The molecule has 5 rings (SSSR count). The van der Waals surface area contributed by atoms with Crippen LogP contribution < -0.4 is 14.8 Å². The van der Waals surface area contributed by atoms with Crippen molar-refractivity contribution in [3.05, 3.63) is 64.2 Å². The SMILES string of the molecule is CC(=Cc1ccc(OC2OC(/C(C)=N/OCc3cccc(Cl)c3)C(O)C2O)c(OC(=O)C(C)(C)C)c1)C(=O)NC1C(O)C(O)C2OCOC2C1O. The van der Waals surface area contributed by atoms with Crippen LogP contribution in [-0.4, -0.2) is 111 Å². The summed E-state index contributed by atoms with van der Waals surface area (Å²) in [6.07, 6.45) is -10.1. The Morgan fingerprint density at radius 3 is 2.33 bits per heavy atom. The molecule has 10 unspecified atom stereocenters. The van der Waals surface area contributed by atoms with Crippen LogP contribution >= 0.6 is 11.6 Å². The lowest BCUT2D eigenvalue weighted by Gasteiger charge is -2.41. The Hall–Kier alpha value is -3.64. The van der Waals surface area contributed by atoms with Crippen molar-refractivity contribution in [3.63, 3.8) is 0 Å². The van der Waals surface area contributed by atoms with E-state index in [9.17, 15) is 35.1 Å². The summed E-state index contributed by atoms with van der Waals surface area (Å²) in [6, 6.07) is 10.2. The van der Waals surface area contributed by atoms with Crippen LogP contribution in [-0.2, 0) is 35.2 Å². The number of nitrogens with zero attached hydrogens (tertiary/aromatic N) is 1. The molecule has 15 nitrogen and oxygen atoms in total. The zero-order valence-electron chi connectivity index (χ0n) is 28.6. The first-order valence-electron chi connectivity index (χ1n) is 16.3. The third kappa shape index (κ3) is 8.88. The highest BCUT2D eigenvalue weighted by Gasteiger charge is 2.53. The maximum atomic E-state index is 13.1. The summed E-state index contributed by atoms with van der Waals surface area (Å²) in [5.74, 6) is -1.34. The molecule has 3 aliphatic rings. The highest BCUT2D eigenvalue weighted by Crippen LogP contribution is 2.35. The lowest BCUT2D eigenvalue weighted by Crippen LogP contribution is -2.67. The Balaban J connectivity index is 1.30. The number of hydrogen-bond donors (Lipinski definition) is 6. The molecule has 2 saturated heterocycles. The van der Waals surface area contributed by atoms with Crippen molar-refractivity contribution in [1.29, 1.82) is 0 Å². The molecule has 1 amide bonds. The quantitative estimate of drug-likeness (QED) is 0.0671. The largest absolute Gasteiger partial charge is 0.458 e. The molecule has 2 aromatic rings. The van der Waals surface area contributed by atoms with Gasteiger partial charge >= 0.3 is 5.97 Å². The van der Waals surface area contributed by atoms with Gasteiger partial charge in [0.1, 0.15) is 62.2 Å². The third-order valence-electron chi connectivity index (χ3n) is 8.63. The Labute approximate surface area is 299 Å². The van der Waals surface area contributed by atoms with E-state index in [2.05, 4.69) is 10.5 Å². The number of carbonyl (C=O) groups is 2. The van der Waals surface area contributed by atoms with Gasteiger partial charge < -0.3 is 59.4 Å². The summed E-state index contributed by atoms with van der Waals surface area (Å²) >= 11 is 6.01. The second kappa shape index (κ2) is 15.9. The van der Waals surface area contributed by atoms with Crippen molar-refractivity contribution in [2.45, 2.75) is 102 Å². The van der Waals surface area contributed by atoms with Gasteiger partial charge in [0.05, 0.1) is 17.2 Å². The van der Waals surface area contributed by atoms with Crippen molar-refractivity contribution in [3.8, 4) is 11.5 Å². The molecule has 51 heavy (non-hydrogen) atoms. The number of oxime groups is 1. The Morgan fingerprint density at radius 1 is 0.941 bits per heavy atom. The molecule has 10 atom stereocenters. The molecule has 0 spiro atoms. The summed E-state index contributed by atoms with van der Waals surface area (Å²) in [5, 5.41) is 60.4. The Kier molecular flexibility index (Phi) is 12.1. The van der Waals surface area contributed by atoms with Gasteiger partial charge in [0.15, 0.2) is 11.5 Å². The Bertz CT molecular complexity index is 1650. The first kappa shape index (κ1) is 38.6. The van der Waals surface area contributed by atoms with Crippen molar-refractivity contribution < 1.29 is 63.6 Å². The number of nitrogens with one attached hydrogen (secondary N) is 1. The number of aliphatic hydroxyl groups excluding tert-OH is 5. The average molecular weight is 735 g/mol. The van der Waals surface area contributed by atoms with Crippen LogP contribution in [0.15, 0.2) is 53.2 Å². The predicted octanol–water partition coefficient (Wildman–Crippen LogP) is 1.44. The molecule has 2 aliphatic heterocycles. The molecule has 278 valence electrons. The van der Waals surface area contributed by atoms with E-state index in [1.54, 1.807) is 52.0 Å². The number of carbonyl (C=O) groups excluding carboxylic acids is 2.